The Morgan fingerprint density at radius 1 is 1.07 bits per heavy atom. The molecule has 0 radical (unpaired) electrons. The van der Waals surface area contributed by atoms with Crippen LogP contribution >= 0.6 is 23.5 Å². The lowest BCUT2D eigenvalue weighted by Gasteiger charge is -2.25. The Labute approximate surface area is 255 Å². The number of halogens is 1. The summed E-state index contributed by atoms with van der Waals surface area (Å²) in [6.07, 6.45) is 4.47. The van der Waals surface area contributed by atoms with Crippen LogP contribution in [0.15, 0.2) is 47.4 Å². The first-order chi connectivity index (χ1) is 20.0. The zero-order chi connectivity index (χ0) is 30.6. The monoisotopic (exact) mass is 608 g/mol. The number of nitrogens with one attached hydrogen (secondary N) is 2. The molecule has 12 heteroatoms. The average Bonchev–Trinajstić information content (AvgIpc) is 2.96. The lowest BCUT2D eigenvalue weighted by molar-refractivity contribution is 0.0980. The highest BCUT2D eigenvalue weighted by Gasteiger charge is 2.21. The maximum atomic E-state index is 13.6. The van der Waals surface area contributed by atoms with Crippen LogP contribution in [0.5, 0.6) is 0 Å². The molecule has 0 saturated heterocycles. The van der Waals surface area contributed by atoms with Crippen molar-refractivity contribution in [3.8, 4) is 0 Å². The van der Waals surface area contributed by atoms with E-state index in [1.54, 1.807) is 30.0 Å². The Bertz CT molecular complexity index is 1640. The number of anilines is 3. The molecular formula is C30H37ClN8O2S. The van der Waals surface area contributed by atoms with Crippen molar-refractivity contribution in [1.82, 2.24) is 24.2 Å². The van der Waals surface area contributed by atoms with Crippen LogP contribution in [0.4, 0.5) is 17.5 Å². The number of aromatic nitrogens is 4. The van der Waals surface area contributed by atoms with Gasteiger partial charge in [-0.2, -0.15) is 0 Å². The largest absolute Gasteiger partial charge is 0.377 e. The van der Waals surface area contributed by atoms with Crippen molar-refractivity contribution < 1.29 is 4.79 Å². The molecule has 2 N–H and O–H groups in total. The van der Waals surface area contributed by atoms with E-state index in [0.717, 1.165) is 35.5 Å². The molecule has 0 bridgehead atoms. The zero-order valence-electron chi connectivity index (χ0n) is 25.0. The van der Waals surface area contributed by atoms with Crippen LogP contribution in [0.2, 0.25) is 5.15 Å². The van der Waals surface area contributed by atoms with Crippen molar-refractivity contribution >= 4 is 57.8 Å². The summed E-state index contributed by atoms with van der Waals surface area (Å²) in [6, 6.07) is 11.0. The maximum absolute atomic E-state index is 13.6. The minimum absolute atomic E-state index is 0.117. The molecule has 0 spiro atoms. The molecule has 3 heterocycles. The van der Waals surface area contributed by atoms with E-state index in [1.165, 1.54) is 11.9 Å². The van der Waals surface area contributed by atoms with Crippen LogP contribution in [0.3, 0.4) is 0 Å². The third-order valence-corrected chi connectivity index (χ3v) is 7.66. The quantitative estimate of drug-likeness (QED) is 0.177. The van der Waals surface area contributed by atoms with E-state index in [9.17, 15) is 9.59 Å². The molecule has 1 unspecified atom stereocenters. The van der Waals surface area contributed by atoms with Crippen LogP contribution in [-0.2, 0) is 7.05 Å². The molecular weight excluding hydrogens is 572 g/mol. The summed E-state index contributed by atoms with van der Waals surface area (Å²) in [5, 5.41) is 4.16. The molecule has 1 atom stereocenters. The van der Waals surface area contributed by atoms with E-state index < -0.39 is 0 Å². The van der Waals surface area contributed by atoms with E-state index in [4.69, 9.17) is 16.6 Å². The number of pyridine rings is 2. The SMILES string of the molecule is CSNC(=O)c1nc(Cl)ccc1NC(C)c1cc(C)cc2c(=O)n(C)c(N(C)CCCN(C)c3ccc(C)cn3)nc12. The predicted molar refractivity (Wildman–Crippen MR) is 174 cm³/mol. The highest BCUT2D eigenvalue weighted by molar-refractivity contribution is 7.97. The minimum atomic E-state index is -0.353. The molecule has 1 aromatic carbocycles. The van der Waals surface area contributed by atoms with Crippen LogP contribution in [0, 0.1) is 13.8 Å². The number of hydrogen-bond acceptors (Lipinski definition) is 9. The number of hydrogen-bond donors (Lipinski definition) is 2. The highest BCUT2D eigenvalue weighted by atomic mass is 35.5. The van der Waals surface area contributed by atoms with Gasteiger partial charge < -0.3 is 15.1 Å². The average molecular weight is 609 g/mol. The van der Waals surface area contributed by atoms with Crippen molar-refractivity contribution in [1.29, 1.82) is 0 Å². The topological polar surface area (TPSA) is 108 Å². The summed E-state index contributed by atoms with van der Waals surface area (Å²) in [5.41, 5.74) is 4.12. The van der Waals surface area contributed by atoms with Crippen molar-refractivity contribution in [3.63, 3.8) is 0 Å². The second-order valence-electron chi connectivity index (χ2n) is 10.4. The molecule has 1 amide bonds. The number of aryl methyl sites for hydroxylation is 2. The molecule has 0 aliphatic carbocycles. The van der Waals surface area contributed by atoms with Gasteiger partial charge in [-0.15, -0.1) is 0 Å². The van der Waals surface area contributed by atoms with Crippen molar-refractivity contribution in [2.24, 2.45) is 7.05 Å². The van der Waals surface area contributed by atoms with E-state index in [2.05, 4.69) is 31.0 Å². The van der Waals surface area contributed by atoms with Crippen LogP contribution in [0.25, 0.3) is 10.9 Å². The molecule has 222 valence electrons. The van der Waals surface area contributed by atoms with Gasteiger partial charge in [-0.3, -0.25) is 18.9 Å². The van der Waals surface area contributed by atoms with Gasteiger partial charge >= 0.3 is 0 Å². The summed E-state index contributed by atoms with van der Waals surface area (Å²) >= 11 is 7.28. The first-order valence-corrected chi connectivity index (χ1v) is 15.2. The molecule has 0 saturated carbocycles. The Morgan fingerprint density at radius 2 is 1.81 bits per heavy atom. The van der Waals surface area contributed by atoms with Gasteiger partial charge in [0.15, 0.2) is 5.69 Å². The smallest absolute Gasteiger partial charge is 0.281 e. The first-order valence-electron chi connectivity index (χ1n) is 13.6. The number of nitrogens with zero attached hydrogens (tertiary/aromatic N) is 6. The van der Waals surface area contributed by atoms with E-state index in [0.29, 0.717) is 29.1 Å². The number of rotatable bonds is 11. The normalized spacial score (nSPS) is 11.8. The van der Waals surface area contributed by atoms with Gasteiger partial charge in [-0.1, -0.05) is 35.7 Å². The molecule has 0 aliphatic heterocycles. The summed E-state index contributed by atoms with van der Waals surface area (Å²) < 4.78 is 4.30. The first kappa shape index (κ1) is 31.1. The lowest BCUT2D eigenvalue weighted by Crippen LogP contribution is -2.31. The van der Waals surface area contributed by atoms with Crippen LogP contribution < -0.4 is 25.4 Å². The maximum Gasteiger partial charge on any atom is 0.281 e. The van der Waals surface area contributed by atoms with E-state index in [-0.39, 0.29) is 28.4 Å². The van der Waals surface area contributed by atoms with Crippen LogP contribution in [0.1, 0.15) is 46.6 Å². The number of fused-ring (bicyclic) bond motifs is 1. The van der Waals surface area contributed by atoms with Gasteiger partial charge in [0, 0.05) is 52.2 Å². The van der Waals surface area contributed by atoms with Crippen molar-refractivity contribution in [3.05, 3.63) is 80.5 Å². The summed E-state index contributed by atoms with van der Waals surface area (Å²) in [4.78, 5) is 44.1. The van der Waals surface area contributed by atoms with Gasteiger partial charge in [0.05, 0.1) is 22.6 Å². The van der Waals surface area contributed by atoms with Gasteiger partial charge in [0.1, 0.15) is 11.0 Å². The van der Waals surface area contributed by atoms with Gasteiger partial charge in [0.2, 0.25) is 5.95 Å². The molecule has 42 heavy (non-hydrogen) atoms. The Hall–Kier alpha value is -3.83. The number of carbonyl (C=O) groups excluding carboxylic acids is 1. The van der Waals surface area contributed by atoms with Gasteiger partial charge in [-0.05, 0) is 62.6 Å². The summed E-state index contributed by atoms with van der Waals surface area (Å²) in [7, 11) is 5.73. The molecule has 0 fully saturated rings. The van der Waals surface area contributed by atoms with E-state index in [1.807, 2.05) is 64.2 Å². The zero-order valence-corrected chi connectivity index (χ0v) is 26.6. The lowest BCUT2D eigenvalue weighted by atomic mass is 10.0. The Morgan fingerprint density at radius 3 is 2.50 bits per heavy atom. The Balaban J connectivity index is 1.62. The fourth-order valence-electron chi connectivity index (χ4n) is 4.83. The second kappa shape index (κ2) is 13.4. The van der Waals surface area contributed by atoms with E-state index >= 15 is 0 Å². The molecule has 3 aromatic heterocycles. The minimum Gasteiger partial charge on any atom is -0.377 e. The number of amides is 1. The third kappa shape index (κ3) is 6.96. The van der Waals surface area contributed by atoms with Crippen molar-refractivity contribution in [2.75, 3.05) is 48.6 Å². The number of carbonyl (C=O) groups is 1. The summed E-state index contributed by atoms with van der Waals surface area (Å²) in [6.45, 7) is 7.44. The van der Waals surface area contributed by atoms with Gasteiger partial charge in [-0.25, -0.2) is 15.0 Å². The van der Waals surface area contributed by atoms with Crippen LogP contribution in [-0.4, -0.2) is 58.9 Å². The molecule has 4 rings (SSSR count). The Kier molecular flexibility index (Phi) is 9.95. The predicted octanol–water partition coefficient (Wildman–Crippen LogP) is 5.14. The number of benzene rings is 1. The van der Waals surface area contributed by atoms with Crippen molar-refractivity contribution in [2.45, 2.75) is 33.2 Å². The molecule has 0 aliphatic rings. The molecule has 10 nitrogen and oxygen atoms in total. The summed E-state index contributed by atoms with van der Waals surface area (Å²) in [5.74, 6) is 1.15. The molecule has 4 aromatic rings. The highest BCUT2D eigenvalue weighted by Crippen LogP contribution is 2.29. The second-order valence-corrected chi connectivity index (χ2v) is 11.4. The standard InChI is InChI=1S/C30H37ClN8O2S/c1-18-9-12-25(32-17-18)37(4)13-8-14-38(5)30-35-26-21(15-19(2)16-22(26)29(41)39(30)6)20(3)33-23-10-11-24(31)34-27(23)28(40)36-42-7/h9-12,15-17,20,33H,8,13-14H2,1-7H3,(H,36,40). The fraction of sp³-hybridized carbons (Fsp3) is 0.367. The fourth-order valence-corrected chi connectivity index (χ4v) is 5.26. The van der Waals surface area contributed by atoms with Gasteiger partial charge in [0.25, 0.3) is 11.5 Å². The third-order valence-electron chi connectivity index (χ3n) is 7.06.